The molecule has 0 radical (unpaired) electrons. The predicted molar refractivity (Wildman–Crippen MR) is 44.5 cm³/mol. The molecule has 0 aliphatic carbocycles. The lowest BCUT2D eigenvalue weighted by atomic mass is 10.2. The van der Waals surface area contributed by atoms with Gasteiger partial charge in [-0.3, -0.25) is 0 Å². The third-order valence-electron chi connectivity index (χ3n) is 1.65. The van der Waals surface area contributed by atoms with Crippen molar-refractivity contribution in [3.8, 4) is 0 Å². The summed E-state index contributed by atoms with van der Waals surface area (Å²) >= 11 is 0. The standard InChI is InChI=1S/C9H10O4/c1-6-5-12-8(10)3-4-9(11)13-7(6)2/h3-5,7H,1-2H3/b4-3-,6-5-. The van der Waals surface area contributed by atoms with Crippen molar-refractivity contribution in [2.24, 2.45) is 0 Å². The number of carbonyl (C=O) groups is 2. The zero-order valence-corrected chi connectivity index (χ0v) is 7.44. The maximum atomic E-state index is 10.9. The van der Waals surface area contributed by atoms with E-state index in [1.807, 2.05) is 0 Å². The fraction of sp³-hybridized carbons (Fsp3) is 0.333. The van der Waals surface area contributed by atoms with Crippen LogP contribution in [0.2, 0.25) is 0 Å². The first-order valence-corrected chi connectivity index (χ1v) is 3.85. The molecule has 0 fully saturated rings. The van der Waals surface area contributed by atoms with E-state index in [1.54, 1.807) is 13.8 Å². The van der Waals surface area contributed by atoms with E-state index >= 15 is 0 Å². The van der Waals surface area contributed by atoms with Crippen molar-refractivity contribution in [1.82, 2.24) is 0 Å². The second-order valence-corrected chi connectivity index (χ2v) is 2.71. The first-order valence-electron chi connectivity index (χ1n) is 3.85. The Morgan fingerprint density at radius 3 is 2.54 bits per heavy atom. The van der Waals surface area contributed by atoms with Gasteiger partial charge in [0, 0.05) is 17.7 Å². The normalized spacial score (nSPS) is 30.0. The molecule has 1 heterocycles. The molecule has 1 aliphatic heterocycles. The van der Waals surface area contributed by atoms with Crippen molar-refractivity contribution < 1.29 is 19.1 Å². The average Bonchev–Trinajstić information content (AvgIpc) is 2.13. The molecule has 0 aromatic carbocycles. The lowest BCUT2D eigenvalue weighted by molar-refractivity contribution is -0.140. The Hall–Kier alpha value is -1.58. The summed E-state index contributed by atoms with van der Waals surface area (Å²) in [5.74, 6) is -1.12. The van der Waals surface area contributed by atoms with E-state index in [-0.39, 0.29) is 6.10 Å². The Morgan fingerprint density at radius 2 is 1.85 bits per heavy atom. The Labute approximate surface area is 75.8 Å². The van der Waals surface area contributed by atoms with Crippen LogP contribution in [-0.2, 0) is 19.1 Å². The molecule has 0 amide bonds. The Kier molecular flexibility index (Phi) is 2.84. The van der Waals surface area contributed by atoms with Crippen molar-refractivity contribution in [2.45, 2.75) is 20.0 Å². The van der Waals surface area contributed by atoms with Crippen LogP contribution in [0.1, 0.15) is 13.8 Å². The summed E-state index contributed by atoms with van der Waals surface area (Å²) in [6.07, 6.45) is 2.99. The zero-order chi connectivity index (χ0) is 9.84. The molecular formula is C9H10O4. The van der Waals surface area contributed by atoms with Gasteiger partial charge in [0.05, 0.1) is 6.26 Å². The number of rotatable bonds is 0. The first-order chi connectivity index (χ1) is 6.09. The van der Waals surface area contributed by atoms with Crippen molar-refractivity contribution in [1.29, 1.82) is 0 Å². The number of hydrogen-bond acceptors (Lipinski definition) is 4. The number of hydrogen-bond donors (Lipinski definition) is 0. The zero-order valence-electron chi connectivity index (χ0n) is 7.44. The van der Waals surface area contributed by atoms with E-state index in [4.69, 9.17) is 4.74 Å². The number of ether oxygens (including phenoxy) is 2. The van der Waals surface area contributed by atoms with Gasteiger partial charge in [0.2, 0.25) is 0 Å². The van der Waals surface area contributed by atoms with Crippen LogP contribution in [-0.4, -0.2) is 18.0 Å². The average molecular weight is 182 g/mol. The van der Waals surface area contributed by atoms with E-state index in [0.717, 1.165) is 12.2 Å². The highest BCUT2D eigenvalue weighted by molar-refractivity contribution is 5.92. The Morgan fingerprint density at radius 1 is 1.23 bits per heavy atom. The lowest BCUT2D eigenvalue weighted by Gasteiger charge is -2.10. The molecule has 70 valence electrons. The second-order valence-electron chi connectivity index (χ2n) is 2.71. The Balaban J connectivity index is 2.85. The number of cyclic esters (lactones) is 2. The molecule has 0 N–H and O–H groups in total. The largest absolute Gasteiger partial charge is 0.455 e. The molecule has 1 rings (SSSR count). The molecule has 4 nitrogen and oxygen atoms in total. The van der Waals surface area contributed by atoms with Gasteiger partial charge in [0.1, 0.15) is 6.10 Å². The topological polar surface area (TPSA) is 52.6 Å². The highest BCUT2D eigenvalue weighted by atomic mass is 16.5. The molecule has 0 bridgehead atoms. The van der Waals surface area contributed by atoms with E-state index in [9.17, 15) is 9.59 Å². The molecule has 13 heavy (non-hydrogen) atoms. The predicted octanol–water partition coefficient (Wildman–Crippen LogP) is 0.935. The molecular weight excluding hydrogens is 172 g/mol. The minimum atomic E-state index is -0.578. The summed E-state index contributed by atoms with van der Waals surface area (Å²) < 4.78 is 9.58. The quantitative estimate of drug-likeness (QED) is 0.523. The van der Waals surface area contributed by atoms with Gasteiger partial charge >= 0.3 is 11.9 Å². The van der Waals surface area contributed by atoms with E-state index in [2.05, 4.69) is 4.74 Å². The van der Waals surface area contributed by atoms with E-state index in [0.29, 0.717) is 5.57 Å². The number of esters is 2. The molecule has 4 heteroatoms. The van der Waals surface area contributed by atoms with Crippen LogP contribution in [0.4, 0.5) is 0 Å². The van der Waals surface area contributed by atoms with Gasteiger partial charge in [-0.25, -0.2) is 9.59 Å². The highest BCUT2D eigenvalue weighted by Crippen LogP contribution is 2.08. The van der Waals surface area contributed by atoms with Gasteiger partial charge in [-0.05, 0) is 13.8 Å². The smallest absolute Gasteiger partial charge is 0.335 e. The molecule has 1 unspecified atom stereocenters. The summed E-state index contributed by atoms with van der Waals surface area (Å²) in [4.78, 5) is 21.8. The summed E-state index contributed by atoms with van der Waals surface area (Å²) in [5, 5.41) is 0. The fourth-order valence-electron chi connectivity index (χ4n) is 0.729. The maximum Gasteiger partial charge on any atom is 0.335 e. The Bertz CT molecular complexity index is 288. The summed E-state index contributed by atoms with van der Waals surface area (Å²) in [6, 6.07) is 0. The van der Waals surface area contributed by atoms with Crippen molar-refractivity contribution >= 4 is 11.9 Å². The van der Waals surface area contributed by atoms with Gasteiger partial charge in [-0.2, -0.15) is 0 Å². The highest BCUT2D eigenvalue weighted by Gasteiger charge is 2.12. The van der Waals surface area contributed by atoms with Gasteiger partial charge in [-0.1, -0.05) is 0 Å². The fourth-order valence-corrected chi connectivity index (χ4v) is 0.729. The minimum Gasteiger partial charge on any atom is -0.455 e. The first kappa shape index (κ1) is 9.51. The van der Waals surface area contributed by atoms with Crippen molar-refractivity contribution in [3.63, 3.8) is 0 Å². The van der Waals surface area contributed by atoms with Gasteiger partial charge < -0.3 is 9.47 Å². The number of carbonyl (C=O) groups excluding carboxylic acids is 2. The van der Waals surface area contributed by atoms with Gasteiger partial charge in [0.15, 0.2) is 0 Å². The lowest BCUT2D eigenvalue weighted by Crippen LogP contribution is -2.13. The molecule has 0 aromatic rings. The summed E-state index contributed by atoms with van der Waals surface area (Å²) in [7, 11) is 0. The second kappa shape index (κ2) is 3.89. The van der Waals surface area contributed by atoms with Crippen LogP contribution in [0.15, 0.2) is 24.0 Å². The van der Waals surface area contributed by atoms with Crippen LogP contribution in [0.5, 0.6) is 0 Å². The van der Waals surface area contributed by atoms with Crippen LogP contribution < -0.4 is 0 Å². The minimum absolute atomic E-state index is 0.372. The molecule has 0 saturated carbocycles. The molecule has 0 saturated heterocycles. The third-order valence-corrected chi connectivity index (χ3v) is 1.65. The van der Waals surface area contributed by atoms with Gasteiger partial charge in [0.25, 0.3) is 0 Å². The van der Waals surface area contributed by atoms with Gasteiger partial charge in [-0.15, -0.1) is 0 Å². The van der Waals surface area contributed by atoms with Crippen molar-refractivity contribution in [3.05, 3.63) is 24.0 Å². The maximum absolute atomic E-state index is 10.9. The van der Waals surface area contributed by atoms with E-state index in [1.165, 1.54) is 6.26 Å². The molecule has 0 aromatic heterocycles. The molecule has 0 spiro atoms. The third kappa shape index (κ3) is 2.74. The van der Waals surface area contributed by atoms with Crippen LogP contribution >= 0.6 is 0 Å². The van der Waals surface area contributed by atoms with Crippen molar-refractivity contribution in [2.75, 3.05) is 0 Å². The molecule has 1 aliphatic rings. The van der Waals surface area contributed by atoms with Crippen LogP contribution in [0.3, 0.4) is 0 Å². The summed E-state index contributed by atoms with van der Waals surface area (Å²) in [6.45, 7) is 3.42. The summed E-state index contributed by atoms with van der Waals surface area (Å²) in [5.41, 5.74) is 0.686. The SMILES string of the molecule is C/C1=C/OC(=O)/C=C\C(=O)OC1C. The van der Waals surface area contributed by atoms with Crippen LogP contribution in [0, 0.1) is 0 Å². The van der Waals surface area contributed by atoms with E-state index < -0.39 is 11.9 Å². The van der Waals surface area contributed by atoms with Crippen LogP contribution in [0.25, 0.3) is 0 Å². The molecule has 1 atom stereocenters. The monoisotopic (exact) mass is 182 g/mol.